The number of carbonyl (C=O) groups excluding carboxylic acids is 1. The fraction of sp³-hybridized carbons (Fsp3) is 0. The van der Waals surface area contributed by atoms with Crippen molar-refractivity contribution in [2.75, 3.05) is 10.0 Å². The van der Waals surface area contributed by atoms with Crippen LogP contribution >= 0.6 is 34.5 Å². The number of para-hydroxylation sites is 1. The van der Waals surface area contributed by atoms with Crippen molar-refractivity contribution in [1.29, 1.82) is 0 Å². The Morgan fingerprint density at radius 1 is 1.13 bits per heavy atom. The standard InChI is InChI=1S/C20H14Cl2N4O3S2/c21-15-6-1-2-7-16(15)25-31(28,29)14-5-3-4-13(12-14)23-18(27)9-8-17-19(22)24-20-26(17)10-11-30-20/h1-12,25H,(H,23,27)/b9-8+. The molecule has 7 nitrogen and oxygen atoms in total. The number of fused-ring (bicyclic) bond motifs is 1. The van der Waals surface area contributed by atoms with E-state index in [9.17, 15) is 13.2 Å². The molecular weight excluding hydrogens is 479 g/mol. The van der Waals surface area contributed by atoms with E-state index in [0.29, 0.717) is 16.3 Å². The average Bonchev–Trinajstić information content (AvgIpc) is 3.29. The minimum atomic E-state index is -3.90. The van der Waals surface area contributed by atoms with Gasteiger partial charge in [0.1, 0.15) is 0 Å². The van der Waals surface area contributed by atoms with E-state index in [1.807, 2.05) is 5.38 Å². The zero-order valence-corrected chi connectivity index (χ0v) is 18.8. The van der Waals surface area contributed by atoms with Crippen molar-refractivity contribution < 1.29 is 13.2 Å². The van der Waals surface area contributed by atoms with Gasteiger partial charge in [-0.25, -0.2) is 13.4 Å². The van der Waals surface area contributed by atoms with E-state index < -0.39 is 15.9 Å². The number of rotatable bonds is 6. The molecule has 2 aromatic heterocycles. The maximum atomic E-state index is 12.7. The van der Waals surface area contributed by atoms with Crippen LogP contribution in [-0.4, -0.2) is 23.7 Å². The molecule has 0 radical (unpaired) electrons. The Bertz CT molecular complexity index is 1410. The number of imidazole rings is 1. The molecule has 2 N–H and O–H groups in total. The summed E-state index contributed by atoms with van der Waals surface area (Å²) in [7, 11) is -3.90. The van der Waals surface area contributed by atoms with Gasteiger partial charge in [0.15, 0.2) is 10.1 Å². The summed E-state index contributed by atoms with van der Waals surface area (Å²) in [6.45, 7) is 0. The molecule has 2 heterocycles. The third kappa shape index (κ3) is 4.75. The van der Waals surface area contributed by atoms with E-state index in [-0.39, 0.29) is 20.8 Å². The highest BCUT2D eigenvalue weighted by Crippen LogP contribution is 2.25. The number of hydrogen-bond acceptors (Lipinski definition) is 5. The number of halogens is 2. The lowest BCUT2D eigenvalue weighted by atomic mass is 10.3. The molecule has 0 aliphatic rings. The zero-order chi connectivity index (χ0) is 22.0. The zero-order valence-electron chi connectivity index (χ0n) is 15.6. The van der Waals surface area contributed by atoms with Crippen molar-refractivity contribution in [2.24, 2.45) is 0 Å². The maximum absolute atomic E-state index is 12.7. The second-order valence-electron chi connectivity index (χ2n) is 6.28. The van der Waals surface area contributed by atoms with Gasteiger partial charge in [0.05, 0.1) is 21.3 Å². The Morgan fingerprint density at radius 3 is 2.74 bits per heavy atom. The topological polar surface area (TPSA) is 92.6 Å². The lowest BCUT2D eigenvalue weighted by Crippen LogP contribution is -2.14. The van der Waals surface area contributed by atoms with E-state index in [1.165, 1.54) is 35.6 Å². The van der Waals surface area contributed by atoms with E-state index in [4.69, 9.17) is 23.2 Å². The van der Waals surface area contributed by atoms with Crippen molar-refractivity contribution in [3.05, 3.63) is 82.1 Å². The molecule has 4 aromatic rings. The first-order chi connectivity index (χ1) is 14.8. The number of hydrogen-bond donors (Lipinski definition) is 2. The predicted octanol–water partition coefficient (Wildman–Crippen LogP) is 5.16. The van der Waals surface area contributed by atoms with Crippen LogP contribution < -0.4 is 10.0 Å². The predicted molar refractivity (Wildman–Crippen MR) is 124 cm³/mol. The highest BCUT2D eigenvalue weighted by molar-refractivity contribution is 7.92. The second kappa shape index (κ2) is 8.72. The smallest absolute Gasteiger partial charge is 0.262 e. The van der Waals surface area contributed by atoms with Crippen molar-refractivity contribution in [1.82, 2.24) is 9.38 Å². The lowest BCUT2D eigenvalue weighted by molar-refractivity contribution is -0.111. The number of benzene rings is 2. The molecule has 0 saturated carbocycles. The molecule has 0 atom stereocenters. The summed E-state index contributed by atoms with van der Waals surface area (Å²) >= 11 is 13.6. The van der Waals surface area contributed by atoms with Crippen LogP contribution in [0.4, 0.5) is 11.4 Å². The number of aromatic nitrogens is 2. The molecule has 0 spiro atoms. The summed E-state index contributed by atoms with van der Waals surface area (Å²) in [5, 5.41) is 5.06. The third-order valence-corrected chi connectivity index (χ3v) is 6.90. The summed E-state index contributed by atoms with van der Waals surface area (Å²) in [5.41, 5.74) is 1.16. The molecule has 11 heteroatoms. The molecule has 0 aliphatic carbocycles. The maximum Gasteiger partial charge on any atom is 0.262 e. The van der Waals surface area contributed by atoms with Crippen LogP contribution in [0.25, 0.3) is 11.0 Å². The summed E-state index contributed by atoms with van der Waals surface area (Å²) in [4.78, 5) is 17.2. The van der Waals surface area contributed by atoms with E-state index in [1.54, 1.807) is 47.0 Å². The molecule has 2 aromatic carbocycles. The van der Waals surface area contributed by atoms with Crippen molar-refractivity contribution in [2.45, 2.75) is 4.90 Å². The number of nitrogens with zero attached hydrogens (tertiary/aromatic N) is 2. The normalized spacial score (nSPS) is 11.8. The van der Waals surface area contributed by atoms with Gasteiger partial charge >= 0.3 is 0 Å². The van der Waals surface area contributed by atoms with Gasteiger partial charge in [-0.2, -0.15) is 0 Å². The first-order valence-corrected chi connectivity index (χ1v) is 11.9. The highest BCUT2D eigenvalue weighted by atomic mass is 35.5. The minimum absolute atomic E-state index is 0.0204. The fourth-order valence-corrected chi connectivity index (χ4v) is 5.12. The molecule has 31 heavy (non-hydrogen) atoms. The Kier molecular flexibility index (Phi) is 6.01. The van der Waals surface area contributed by atoms with Gasteiger partial charge in [-0.1, -0.05) is 41.4 Å². The number of sulfonamides is 1. The van der Waals surface area contributed by atoms with Crippen molar-refractivity contribution >= 4 is 72.9 Å². The molecule has 0 saturated heterocycles. The van der Waals surface area contributed by atoms with Crippen molar-refractivity contribution in [3.8, 4) is 0 Å². The number of anilines is 2. The lowest BCUT2D eigenvalue weighted by Gasteiger charge is -2.10. The Morgan fingerprint density at radius 2 is 1.94 bits per heavy atom. The highest BCUT2D eigenvalue weighted by Gasteiger charge is 2.16. The van der Waals surface area contributed by atoms with Gasteiger partial charge in [-0.15, -0.1) is 11.3 Å². The molecule has 4 rings (SSSR count). The van der Waals surface area contributed by atoms with Gasteiger partial charge < -0.3 is 5.32 Å². The second-order valence-corrected chi connectivity index (χ2v) is 9.60. The largest absolute Gasteiger partial charge is 0.322 e. The van der Waals surface area contributed by atoms with Gasteiger partial charge in [-0.3, -0.25) is 13.9 Å². The fourth-order valence-electron chi connectivity index (χ4n) is 2.75. The molecule has 0 unspecified atom stereocenters. The van der Waals surface area contributed by atoms with Crippen LogP contribution in [0, 0.1) is 0 Å². The molecular formula is C20H14Cl2N4O3S2. The van der Waals surface area contributed by atoms with E-state index in [2.05, 4.69) is 15.0 Å². The van der Waals surface area contributed by atoms with Gasteiger partial charge in [0.25, 0.3) is 10.0 Å². The summed E-state index contributed by atoms with van der Waals surface area (Å²) in [5.74, 6) is -0.449. The number of amides is 1. The number of nitrogens with one attached hydrogen (secondary N) is 2. The van der Waals surface area contributed by atoms with E-state index in [0.717, 1.165) is 0 Å². The summed E-state index contributed by atoms with van der Waals surface area (Å²) in [6.07, 6.45) is 4.65. The van der Waals surface area contributed by atoms with Crippen LogP contribution in [-0.2, 0) is 14.8 Å². The van der Waals surface area contributed by atoms with E-state index >= 15 is 0 Å². The summed E-state index contributed by atoms with van der Waals surface area (Å²) < 4.78 is 29.6. The molecule has 0 aliphatic heterocycles. The van der Waals surface area contributed by atoms with Crippen molar-refractivity contribution in [3.63, 3.8) is 0 Å². The number of thiazole rings is 1. The van der Waals surface area contributed by atoms with Crippen LogP contribution in [0.3, 0.4) is 0 Å². The minimum Gasteiger partial charge on any atom is -0.322 e. The van der Waals surface area contributed by atoms with Crippen LogP contribution in [0.5, 0.6) is 0 Å². The van der Waals surface area contributed by atoms with Crippen LogP contribution in [0.15, 0.2) is 71.1 Å². The SMILES string of the molecule is O=C(/C=C/c1c(Cl)nc2sccn12)Nc1cccc(S(=O)(=O)Nc2ccccc2Cl)c1. The Hall–Kier alpha value is -2.85. The van der Waals surface area contributed by atoms with Crippen LogP contribution in [0.2, 0.25) is 10.2 Å². The first kappa shape index (κ1) is 21.4. The van der Waals surface area contributed by atoms with Gasteiger partial charge in [0.2, 0.25) is 5.91 Å². The first-order valence-electron chi connectivity index (χ1n) is 8.81. The molecule has 0 bridgehead atoms. The van der Waals surface area contributed by atoms with Gasteiger partial charge in [-0.05, 0) is 36.4 Å². The monoisotopic (exact) mass is 492 g/mol. The quantitative estimate of drug-likeness (QED) is 0.363. The number of carbonyl (C=O) groups is 1. The molecule has 0 fully saturated rings. The summed E-state index contributed by atoms with van der Waals surface area (Å²) in [6, 6.07) is 12.4. The molecule has 158 valence electrons. The molecule has 1 amide bonds. The Labute approximate surface area is 192 Å². The Balaban J connectivity index is 1.50. The average molecular weight is 493 g/mol. The van der Waals surface area contributed by atoms with Crippen LogP contribution in [0.1, 0.15) is 5.69 Å². The third-order valence-electron chi connectivity index (χ3n) is 4.18. The van der Waals surface area contributed by atoms with Gasteiger partial charge in [0, 0.05) is 23.3 Å².